The Kier molecular flexibility index (Phi) is 5.63. The lowest BCUT2D eigenvalue weighted by molar-refractivity contribution is -0.0435. The number of anilines is 1. The third-order valence-corrected chi connectivity index (χ3v) is 4.48. The number of aliphatic hydroxyl groups is 1. The monoisotopic (exact) mass is 325 g/mol. The highest BCUT2D eigenvalue weighted by molar-refractivity contribution is 7.92. The van der Waals surface area contributed by atoms with Crippen LogP contribution in [0, 0.1) is 0 Å². The number of alkyl halides is 3. The van der Waals surface area contributed by atoms with Gasteiger partial charge < -0.3 is 10.0 Å². The van der Waals surface area contributed by atoms with Crippen LogP contribution in [-0.4, -0.2) is 38.2 Å². The van der Waals surface area contributed by atoms with Crippen LogP contribution in [-0.2, 0) is 9.84 Å². The zero-order valence-corrected chi connectivity index (χ0v) is 12.6. The Hall–Kier alpha value is -1.28. The predicted octanol–water partition coefficient (Wildman–Crippen LogP) is 2.58. The minimum absolute atomic E-state index is 0.00160. The molecule has 0 spiro atoms. The van der Waals surface area contributed by atoms with Gasteiger partial charge in [0.05, 0.1) is 10.6 Å². The van der Waals surface area contributed by atoms with Crippen molar-refractivity contribution in [2.45, 2.75) is 36.7 Å². The number of hydrogen-bond acceptors (Lipinski definition) is 4. The second-order valence-corrected chi connectivity index (χ2v) is 6.69. The van der Waals surface area contributed by atoms with E-state index in [0.29, 0.717) is 6.42 Å². The lowest BCUT2D eigenvalue weighted by atomic mass is 10.2. The molecular weight excluding hydrogens is 307 g/mol. The molecular formula is C13H18F3NO3S. The van der Waals surface area contributed by atoms with Crippen LogP contribution in [0.1, 0.15) is 20.3 Å². The van der Waals surface area contributed by atoms with Crippen LogP contribution in [0.5, 0.6) is 0 Å². The third-order valence-electron chi connectivity index (χ3n) is 2.95. The minimum atomic E-state index is -5.41. The standard InChI is InChI=1S/C13H18F3NO3S/c1-10(2)17(8-5-9-18)11-6-3-4-7-12(11)21(19,20)13(14,15)16/h3-4,6-7,10,18H,5,8-9H2,1-2H3. The Morgan fingerprint density at radius 1 is 1.24 bits per heavy atom. The van der Waals surface area contributed by atoms with E-state index in [1.54, 1.807) is 13.8 Å². The first-order valence-electron chi connectivity index (χ1n) is 6.40. The highest BCUT2D eigenvalue weighted by Crippen LogP contribution is 2.36. The normalized spacial score (nSPS) is 12.7. The molecule has 0 heterocycles. The molecule has 0 aliphatic rings. The first kappa shape index (κ1) is 17.8. The van der Waals surface area contributed by atoms with Gasteiger partial charge in [0.25, 0.3) is 9.84 Å². The van der Waals surface area contributed by atoms with Crippen LogP contribution in [0.15, 0.2) is 29.2 Å². The molecule has 1 aromatic carbocycles. The summed E-state index contributed by atoms with van der Waals surface area (Å²) in [5, 5.41) is 8.88. The zero-order chi connectivity index (χ0) is 16.3. The Labute approximate surface area is 122 Å². The highest BCUT2D eigenvalue weighted by atomic mass is 32.2. The summed E-state index contributed by atoms with van der Waals surface area (Å²) in [7, 11) is -5.41. The van der Waals surface area contributed by atoms with Gasteiger partial charge in [-0.05, 0) is 32.4 Å². The summed E-state index contributed by atoms with van der Waals surface area (Å²) in [5.41, 5.74) is -5.35. The van der Waals surface area contributed by atoms with Crippen LogP contribution in [0.2, 0.25) is 0 Å². The van der Waals surface area contributed by atoms with E-state index in [9.17, 15) is 21.6 Å². The summed E-state index contributed by atoms with van der Waals surface area (Å²) in [6.45, 7) is 3.62. The first-order chi connectivity index (χ1) is 9.63. The second-order valence-electron chi connectivity index (χ2n) is 4.78. The Morgan fingerprint density at radius 3 is 2.29 bits per heavy atom. The molecule has 0 amide bonds. The Bertz CT molecular complexity index is 570. The molecule has 0 atom stereocenters. The summed E-state index contributed by atoms with van der Waals surface area (Å²) >= 11 is 0. The molecule has 0 saturated carbocycles. The second kappa shape index (κ2) is 6.65. The summed E-state index contributed by atoms with van der Waals surface area (Å²) in [5.74, 6) is 0. The fraction of sp³-hybridized carbons (Fsp3) is 0.538. The van der Waals surface area contributed by atoms with E-state index < -0.39 is 20.2 Å². The van der Waals surface area contributed by atoms with Crippen molar-refractivity contribution >= 4 is 15.5 Å². The van der Waals surface area contributed by atoms with Crippen LogP contribution >= 0.6 is 0 Å². The van der Waals surface area contributed by atoms with Gasteiger partial charge >= 0.3 is 5.51 Å². The molecule has 120 valence electrons. The van der Waals surface area contributed by atoms with Crippen LogP contribution in [0.25, 0.3) is 0 Å². The highest BCUT2D eigenvalue weighted by Gasteiger charge is 2.48. The summed E-state index contributed by atoms with van der Waals surface area (Å²) < 4.78 is 61.7. The molecule has 0 aromatic heterocycles. The first-order valence-corrected chi connectivity index (χ1v) is 7.89. The van der Waals surface area contributed by atoms with Crippen molar-refractivity contribution in [2.24, 2.45) is 0 Å². The van der Waals surface area contributed by atoms with Gasteiger partial charge in [-0.15, -0.1) is 0 Å². The number of nitrogens with zero attached hydrogens (tertiary/aromatic N) is 1. The van der Waals surface area contributed by atoms with Gasteiger partial charge in [0.15, 0.2) is 0 Å². The smallest absolute Gasteiger partial charge is 0.396 e. The molecule has 21 heavy (non-hydrogen) atoms. The largest absolute Gasteiger partial charge is 0.501 e. The lowest BCUT2D eigenvalue weighted by Gasteiger charge is -2.30. The van der Waals surface area contributed by atoms with Crippen molar-refractivity contribution in [3.63, 3.8) is 0 Å². The topological polar surface area (TPSA) is 57.6 Å². The average Bonchev–Trinajstić information content (AvgIpc) is 2.38. The van der Waals surface area contributed by atoms with Crippen LogP contribution in [0.4, 0.5) is 18.9 Å². The molecule has 1 rings (SSSR count). The quantitative estimate of drug-likeness (QED) is 0.873. The van der Waals surface area contributed by atoms with E-state index in [1.165, 1.54) is 23.1 Å². The molecule has 0 bridgehead atoms. The van der Waals surface area contributed by atoms with Crippen molar-refractivity contribution in [1.29, 1.82) is 0 Å². The fourth-order valence-electron chi connectivity index (χ4n) is 1.94. The van der Waals surface area contributed by atoms with Gasteiger partial charge in [0, 0.05) is 19.2 Å². The van der Waals surface area contributed by atoms with E-state index in [1.807, 2.05) is 0 Å². The lowest BCUT2D eigenvalue weighted by Crippen LogP contribution is -2.34. The van der Waals surface area contributed by atoms with Gasteiger partial charge in [-0.1, -0.05) is 12.1 Å². The van der Waals surface area contributed by atoms with Crippen LogP contribution < -0.4 is 4.90 Å². The molecule has 0 unspecified atom stereocenters. The fourth-order valence-corrected chi connectivity index (χ4v) is 2.91. The molecule has 8 heteroatoms. The van der Waals surface area contributed by atoms with Crippen LogP contribution in [0.3, 0.4) is 0 Å². The number of rotatable bonds is 6. The van der Waals surface area contributed by atoms with Crippen molar-refractivity contribution < 1.29 is 26.7 Å². The Balaban J connectivity index is 3.38. The third kappa shape index (κ3) is 3.88. The number of aliphatic hydroxyl groups excluding tert-OH is 1. The minimum Gasteiger partial charge on any atom is -0.396 e. The van der Waals surface area contributed by atoms with Gasteiger partial charge in [-0.3, -0.25) is 0 Å². The van der Waals surface area contributed by atoms with Crippen molar-refractivity contribution in [3.05, 3.63) is 24.3 Å². The average molecular weight is 325 g/mol. The maximum Gasteiger partial charge on any atom is 0.501 e. The van der Waals surface area contributed by atoms with Gasteiger partial charge in [0.1, 0.15) is 0 Å². The molecule has 4 nitrogen and oxygen atoms in total. The van der Waals surface area contributed by atoms with Crippen molar-refractivity contribution in [3.8, 4) is 0 Å². The van der Waals surface area contributed by atoms with Gasteiger partial charge in [-0.25, -0.2) is 8.42 Å². The SMILES string of the molecule is CC(C)N(CCCO)c1ccccc1S(=O)(=O)C(F)(F)F. The summed E-state index contributed by atoms with van der Waals surface area (Å²) in [6.07, 6.45) is 0.332. The number of sulfone groups is 1. The molecule has 1 aromatic rings. The number of halogens is 3. The predicted molar refractivity (Wildman–Crippen MR) is 73.9 cm³/mol. The van der Waals surface area contributed by atoms with E-state index >= 15 is 0 Å². The molecule has 0 aliphatic carbocycles. The maximum atomic E-state index is 12.8. The summed E-state index contributed by atoms with van der Waals surface area (Å²) in [6, 6.07) is 4.83. The van der Waals surface area contributed by atoms with E-state index in [0.717, 1.165) is 6.07 Å². The van der Waals surface area contributed by atoms with Crippen molar-refractivity contribution in [1.82, 2.24) is 0 Å². The van der Waals surface area contributed by atoms with Gasteiger partial charge in [0.2, 0.25) is 0 Å². The summed E-state index contributed by atoms with van der Waals surface area (Å²) in [4.78, 5) is 0.776. The van der Waals surface area contributed by atoms with E-state index in [2.05, 4.69) is 0 Å². The molecule has 0 radical (unpaired) electrons. The van der Waals surface area contributed by atoms with E-state index in [-0.39, 0.29) is 24.9 Å². The van der Waals surface area contributed by atoms with E-state index in [4.69, 9.17) is 5.11 Å². The van der Waals surface area contributed by atoms with Gasteiger partial charge in [-0.2, -0.15) is 13.2 Å². The number of para-hydroxylation sites is 1. The maximum absolute atomic E-state index is 12.8. The molecule has 0 fully saturated rings. The zero-order valence-electron chi connectivity index (χ0n) is 11.8. The molecule has 0 saturated heterocycles. The molecule has 0 aliphatic heterocycles. The molecule has 1 N–H and O–H groups in total. The number of benzene rings is 1. The van der Waals surface area contributed by atoms with Crippen molar-refractivity contribution in [2.75, 3.05) is 18.1 Å². The Morgan fingerprint density at radius 2 is 1.81 bits per heavy atom. The number of hydrogen-bond donors (Lipinski definition) is 1.